The van der Waals surface area contributed by atoms with Gasteiger partial charge in [0.15, 0.2) is 10.1 Å². The van der Waals surface area contributed by atoms with Gasteiger partial charge in [-0.3, -0.25) is 14.4 Å². The number of hydrogen-bond donors (Lipinski definition) is 3. The molecular weight excluding hydrogens is 490 g/mol. The van der Waals surface area contributed by atoms with Crippen LogP contribution in [0, 0.1) is 5.41 Å². The Morgan fingerprint density at radius 3 is 2.97 bits per heavy atom. The molecule has 15 heteroatoms. The van der Waals surface area contributed by atoms with Gasteiger partial charge in [0.2, 0.25) is 5.91 Å². The van der Waals surface area contributed by atoms with E-state index in [1.165, 1.54) is 46.9 Å². The number of carboxylic acids is 1. The van der Waals surface area contributed by atoms with Crippen molar-refractivity contribution in [2.45, 2.75) is 15.8 Å². The van der Waals surface area contributed by atoms with Crippen LogP contribution >= 0.6 is 34.9 Å². The Hall–Kier alpha value is -2.91. The second-order valence-corrected chi connectivity index (χ2v) is 10.4. The van der Waals surface area contributed by atoms with Crippen molar-refractivity contribution in [2.75, 3.05) is 30.9 Å². The van der Waals surface area contributed by atoms with E-state index in [1.54, 1.807) is 23.7 Å². The SMILES string of the molecule is CON=C(C(=O)NC1C(=O)N2CC(CSc3nncs3)(C(=O)O)CS[C@H]12)c1cccc(N)n1. The molecule has 2 aliphatic heterocycles. The number of anilines is 1. The van der Waals surface area contributed by atoms with Crippen molar-refractivity contribution in [3.05, 3.63) is 29.4 Å². The van der Waals surface area contributed by atoms with Gasteiger partial charge in [-0.1, -0.05) is 34.3 Å². The Bertz CT molecular complexity index is 1100. The smallest absolute Gasteiger partial charge is 0.313 e. The number of amides is 2. The molecule has 0 aliphatic carbocycles. The first kappa shape index (κ1) is 23.3. The molecule has 2 aliphatic rings. The number of thioether (sulfide) groups is 2. The van der Waals surface area contributed by atoms with E-state index < -0.39 is 23.3 Å². The van der Waals surface area contributed by atoms with Crippen molar-refractivity contribution in [3.63, 3.8) is 0 Å². The average Bonchev–Trinajstić information content (AvgIpc) is 3.33. The normalized spacial score (nSPS) is 24.6. The molecule has 2 aromatic heterocycles. The van der Waals surface area contributed by atoms with Gasteiger partial charge < -0.3 is 25.9 Å². The van der Waals surface area contributed by atoms with Crippen molar-refractivity contribution >= 4 is 64.2 Å². The number of carboxylic acid groups (broad SMARTS) is 1. The average molecular weight is 510 g/mol. The zero-order valence-corrected chi connectivity index (χ0v) is 19.7. The maximum absolute atomic E-state index is 12.8. The fraction of sp³-hybridized carbons (Fsp3) is 0.389. The lowest BCUT2D eigenvalue weighted by Crippen LogP contribution is -2.74. The van der Waals surface area contributed by atoms with Gasteiger partial charge in [0.05, 0.1) is 0 Å². The third kappa shape index (κ3) is 4.60. The lowest BCUT2D eigenvalue weighted by Gasteiger charge is -2.53. The number of hydrogen-bond acceptors (Lipinski definition) is 12. The molecule has 174 valence electrons. The Labute approximate surface area is 200 Å². The highest BCUT2D eigenvalue weighted by Gasteiger charge is 2.57. The quantitative estimate of drug-likeness (QED) is 0.191. The molecule has 4 N–H and O–H groups in total. The molecule has 2 amide bonds. The topological polar surface area (TPSA) is 173 Å². The van der Waals surface area contributed by atoms with Crippen LogP contribution < -0.4 is 11.1 Å². The highest BCUT2D eigenvalue weighted by Crippen LogP contribution is 2.44. The number of nitrogens with two attached hydrogens (primary N) is 1. The minimum atomic E-state index is -1.13. The number of nitrogens with one attached hydrogen (secondary N) is 1. The number of rotatable bonds is 8. The van der Waals surface area contributed by atoms with E-state index in [9.17, 15) is 19.5 Å². The van der Waals surface area contributed by atoms with Gasteiger partial charge in [-0.2, -0.15) is 0 Å². The van der Waals surface area contributed by atoms with E-state index in [-0.39, 0.29) is 46.6 Å². The molecule has 33 heavy (non-hydrogen) atoms. The van der Waals surface area contributed by atoms with E-state index in [2.05, 4.69) is 25.7 Å². The van der Waals surface area contributed by atoms with Crippen molar-refractivity contribution in [1.29, 1.82) is 0 Å². The molecule has 12 nitrogen and oxygen atoms in total. The molecule has 0 aromatic carbocycles. The number of aliphatic carboxylic acids is 1. The number of β-lactam (4-membered cyclic amide) rings is 1. The molecular formula is C18H19N7O5S3. The van der Waals surface area contributed by atoms with Crippen molar-refractivity contribution in [3.8, 4) is 0 Å². The number of nitrogen functional groups attached to an aromatic ring is 1. The fourth-order valence-corrected chi connectivity index (χ4v) is 6.77. The summed E-state index contributed by atoms with van der Waals surface area (Å²) >= 11 is 3.95. The van der Waals surface area contributed by atoms with E-state index in [0.29, 0.717) is 4.34 Å². The van der Waals surface area contributed by atoms with Crippen LogP contribution in [0.15, 0.2) is 33.2 Å². The summed E-state index contributed by atoms with van der Waals surface area (Å²) in [5.74, 6) is -1.24. The van der Waals surface area contributed by atoms with Crippen LogP contribution in [-0.2, 0) is 19.2 Å². The molecule has 3 atom stereocenters. The van der Waals surface area contributed by atoms with Gasteiger partial charge in [0.1, 0.15) is 41.0 Å². The Morgan fingerprint density at radius 1 is 1.48 bits per heavy atom. The Balaban J connectivity index is 1.43. The molecule has 2 unspecified atom stereocenters. The second-order valence-electron chi connectivity index (χ2n) is 7.27. The van der Waals surface area contributed by atoms with Gasteiger partial charge in [-0.25, -0.2) is 4.98 Å². The summed E-state index contributed by atoms with van der Waals surface area (Å²) < 4.78 is 0.669. The van der Waals surface area contributed by atoms with Crippen LogP contribution in [0.3, 0.4) is 0 Å². The van der Waals surface area contributed by atoms with Gasteiger partial charge in [0.25, 0.3) is 5.91 Å². The highest BCUT2D eigenvalue weighted by atomic mass is 32.2. The largest absolute Gasteiger partial charge is 0.481 e. The summed E-state index contributed by atoms with van der Waals surface area (Å²) in [4.78, 5) is 48.1. The maximum Gasteiger partial charge on any atom is 0.313 e. The molecule has 0 bridgehead atoms. The van der Waals surface area contributed by atoms with Crippen LogP contribution in [0.2, 0.25) is 0 Å². The van der Waals surface area contributed by atoms with E-state index in [0.717, 1.165) is 0 Å². The first-order valence-electron chi connectivity index (χ1n) is 9.54. The van der Waals surface area contributed by atoms with Gasteiger partial charge in [-0.15, -0.1) is 22.0 Å². The number of oxime groups is 1. The first-order valence-corrected chi connectivity index (χ1v) is 12.5. The monoisotopic (exact) mass is 509 g/mol. The number of aromatic nitrogens is 3. The summed E-state index contributed by atoms with van der Waals surface area (Å²) in [5.41, 5.74) is 6.22. The van der Waals surface area contributed by atoms with Crippen LogP contribution in [-0.4, -0.2) is 85.3 Å². The van der Waals surface area contributed by atoms with Crippen LogP contribution in [0.25, 0.3) is 0 Å². The summed E-state index contributed by atoms with van der Waals surface area (Å²) in [6.07, 6.45) is 0. The van der Waals surface area contributed by atoms with Gasteiger partial charge in [0, 0.05) is 18.1 Å². The second kappa shape index (κ2) is 9.52. The molecule has 2 saturated heterocycles. The third-order valence-corrected chi connectivity index (χ3v) is 8.85. The first-order chi connectivity index (χ1) is 15.8. The van der Waals surface area contributed by atoms with E-state index >= 15 is 0 Å². The standard InChI is InChI=1S/C18H19N7O5S3/c1-30-24-11(9-3-2-4-10(19)21-9)13(26)22-12-14(27)25-5-18(16(28)29,6-31-15(12)25)7-32-17-23-20-8-33-17/h2-4,8,12,15H,5-7H2,1H3,(H2,19,21)(H,22,26)(H,28,29)/t12?,15-,18?/m1/s1. The van der Waals surface area contributed by atoms with E-state index in [1.807, 2.05) is 0 Å². The summed E-state index contributed by atoms with van der Waals surface area (Å²) in [7, 11) is 1.29. The zero-order valence-electron chi connectivity index (χ0n) is 17.2. The molecule has 2 fully saturated rings. The molecule has 4 heterocycles. The number of pyridine rings is 1. The molecule has 4 rings (SSSR count). The predicted molar refractivity (Wildman–Crippen MR) is 123 cm³/mol. The summed E-state index contributed by atoms with van der Waals surface area (Å²) in [5, 5.41) is 23.6. The number of carbonyl (C=O) groups is 3. The van der Waals surface area contributed by atoms with Crippen molar-refractivity contribution in [1.82, 2.24) is 25.4 Å². The predicted octanol–water partition coefficient (Wildman–Crippen LogP) is 0.129. The molecule has 0 radical (unpaired) electrons. The zero-order chi connectivity index (χ0) is 23.6. The number of carbonyl (C=O) groups excluding carboxylic acids is 2. The summed E-state index contributed by atoms with van der Waals surface area (Å²) in [6.45, 7) is 0.0484. The van der Waals surface area contributed by atoms with Crippen LogP contribution in [0.5, 0.6) is 0 Å². The fourth-order valence-electron chi connectivity index (χ4n) is 3.42. The van der Waals surface area contributed by atoms with Crippen molar-refractivity contribution < 1.29 is 24.3 Å². The minimum absolute atomic E-state index is 0.0484. The van der Waals surface area contributed by atoms with Crippen LogP contribution in [0.4, 0.5) is 5.82 Å². The number of nitrogens with zero attached hydrogens (tertiary/aromatic N) is 5. The minimum Gasteiger partial charge on any atom is -0.481 e. The van der Waals surface area contributed by atoms with Crippen LogP contribution in [0.1, 0.15) is 5.69 Å². The molecule has 0 saturated carbocycles. The van der Waals surface area contributed by atoms with Gasteiger partial charge in [-0.05, 0) is 12.1 Å². The lowest BCUT2D eigenvalue weighted by atomic mass is 9.89. The third-order valence-electron chi connectivity index (χ3n) is 5.11. The Morgan fingerprint density at radius 2 is 2.30 bits per heavy atom. The van der Waals surface area contributed by atoms with E-state index in [4.69, 9.17) is 10.6 Å². The van der Waals surface area contributed by atoms with Crippen molar-refractivity contribution in [2.24, 2.45) is 10.6 Å². The highest BCUT2D eigenvalue weighted by molar-refractivity contribution is 8.01. The number of fused-ring (bicyclic) bond motifs is 1. The summed E-state index contributed by atoms with van der Waals surface area (Å²) in [6, 6.07) is 3.92. The molecule has 0 spiro atoms. The maximum atomic E-state index is 12.8. The lowest BCUT2D eigenvalue weighted by molar-refractivity contribution is -0.157. The molecule has 2 aromatic rings. The Kier molecular flexibility index (Phi) is 6.71. The van der Waals surface area contributed by atoms with Gasteiger partial charge >= 0.3 is 5.97 Å².